The number of hydrogen-bond donors (Lipinski definition) is 1. The average Bonchev–Trinajstić information content (AvgIpc) is 2.07. The van der Waals surface area contributed by atoms with Gasteiger partial charge in [0.25, 0.3) is 0 Å². The maximum atomic E-state index is 12.2. The van der Waals surface area contributed by atoms with Crippen molar-refractivity contribution in [1.29, 1.82) is 0 Å². The molecule has 1 atom stereocenters. The zero-order valence-electron chi connectivity index (χ0n) is 6.78. The van der Waals surface area contributed by atoms with E-state index in [0.717, 1.165) is 6.07 Å². The van der Waals surface area contributed by atoms with Crippen molar-refractivity contribution in [2.45, 2.75) is 12.2 Å². The van der Waals surface area contributed by atoms with Gasteiger partial charge in [-0.05, 0) is 17.7 Å². The summed E-state index contributed by atoms with van der Waals surface area (Å²) in [7, 11) is 0. The Morgan fingerprint density at radius 2 is 1.71 bits per heavy atom. The number of halogens is 5. The summed E-state index contributed by atoms with van der Waals surface area (Å²) in [5.41, 5.74) is 4.86. The molecule has 0 unspecified atom stereocenters. The number of hydrogen-bond acceptors (Lipinski definition) is 1. The Balaban J connectivity index is 3.03. The highest BCUT2D eigenvalue weighted by molar-refractivity contribution is 6.42. The third kappa shape index (κ3) is 2.53. The second kappa shape index (κ2) is 3.96. The van der Waals surface area contributed by atoms with Gasteiger partial charge in [0.05, 0.1) is 10.0 Å². The molecule has 14 heavy (non-hydrogen) atoms. The lowest BCUT2D eigenvalue weighted by molar-refractivity contribution is -0.149. The highest BCUT2D eigenvalue weighted by Gasteiger charge is 2.37. The first-order valence-corrected chi connectivity index (χ1v) is 4.35. The highest BCUT2D eigenvalue weighted by Crippen LogP contribution is 2.33. The largest absolute Gasteiger partial charge is 0.407 e. The molecular weight excluding hydrogens is 238 g/mol. The van der Waals surface area contributed by atoms with Gasteiger partial charge in [-0.1, -0.05) is 29.3 Å². The predicted molar refractivity (Wildman–Crippen MR) is 49.4 cm³/mol. The van der Waals surface area contributed by atoms with Crippen LogP contribution in [-0.4, -0.2) is 6.18 Å². The van der Waals surface area contributed by atoms with Crippen molar-refractivity contribution in [3.63, 3.8) is 0 Å². The Morgan fingerprint density at radius 1 is 1.14 bits per heavy atom. The van der Waals surface area contributed by atoms with Crippen molar-refractivity contribution in [2.75, 3.05) is 0 Å². The number of rotatable bonds is 1. The van der Waals surface area contributed by atoms with Crippen molar-refractivity contribution in [1.82, 2.24) is 0 Å². The first kappa shape index (κ1) is 11.6. The molecule has 0 aliphatic carbocycles. The zero-order valence-corrected chi connectivity index (χ0v) is 8.29. The Bertz CT molecular complexity index is 338. The molecule has 0 saturated heterocycles. The van der Waals surface area contributed by atoms with Gasteiger partial charge in [0, 0.05) is 0 Å². The van der Waals surface area contributed by atoms with E-state index in [4.69, 9.17) is 28.9 Å². The van der Waals surface area contributed by atoms with Crippen molar-refractivity contribution in [3.05, 3.63) is 33.8 Å². The fourth-order valence-corrected chi connectivity index (χ4v) is 1.20. The average molecular weight is 244 g/mol. The van der Waals surface area contributed by atoms with E-state index < -0.39 is 12.2 Å². The summed E-state index contributed by atoms with van der Waals surface area (Å²) in [5, 5.41) is 0.258. The molecule has 0 fully saturated rings. The molecule has 78 valence electrons. The third-order valence-electron chi connectivity index (χ3n) is 1.66. The lowest BCUT2D eigenvalue weighted by Crippen LogP contribution is -2.28. The smallest absolute Gasteiger partial charge is 0.316 e. The first-order valence-electron chi connectivity index (χ1n) is 3.59. The Morgan fingerprint density at radius 3 is 2.14 bits per heavy atom. The summed E-state index contributed by atoms with van der Waals surface area (Å²) < 4.78 is 36.5. The van der Waals surface area contributed by atoms with Crippen LogP contribution in [0, 0.1) is 0 Å². The lowest BCUT2D eigenvalue weighted by Gasteiger charge is -2.16. The van der Waals surface area contributed by atoms with Crippen molar-refractivity contribution in [3.8, 4) is 0 Å². The fourth-order valence-electron chi connectivity index (χ4n) is 0.895. The van der Waals surface area contributed by atoms with Gasteiger partial charge in [-0.3, -0.25) is 0 Å². The van der Waals surface area contributed by atoms with Gasteiger partial charge in [-0.15, -0.1) is 0 Å². The molecular formula is C8H6Cl2F3N. The molecule has 0 aromatic heterocycles. The van der Waals surface area contributed by atoms with Crippen LogP contribution in [0.25, 0.3) is 0 Å². The Kier molecular flexibility index (Phi) is 3.29. The fraction of sp³-hybridized carbons (Fsp3) is 0.250. The van der Waals surface area contributed by atoms with Gasteiger partial charge in [0.15, 0.2) is 0 Å². The summed E-state index contributed by atoms with van der Waals surface area (Å²) in [6.07, 6.45) is -4.48. The number of alkyl halides is 3. The summed E-state index contributed by atoms with van der Waals surface area (Å²) >= 11 is 11.1. The summed E-state index contributed by atoms with van der Waals surface area (Å²) in [6.45, 7) is 0. The quantitative estimate of drug-likeness (QED) is 0.802. The molecule has 1 nitrogen and oxygen atoms in total. The Labute approximate surface area is 88.6 Å². The van der Waals surface area contributed by atoms with Crippen LogP contribution < -0.4 is 5.73 Å². The molecule has 0 heterocycles. The summed E-state index contributed by atoms with van der Waals surface area (Å²) in [6, 6.07) is 1.57. The zero-order chi connectivity index (χ0) is 10.9. The van der Waals surface area contributed by atoms with E-state index in [-0.39, 0.29) is 15.6 Å². The van der Waals surface area contributed by atoms with Crippen LogP contribution in [0.5, 0.6) is 0 Å². The van der Waals surface area contributed by atoms with E-state index >= 15 is 0 Å². The summed E-state index contributed by atoms with van der Waals surface area (Å²) in [5.74, 6) is 0. The van der Waals surface area contributed by atoms with Crippen LogP contribution in [-0.2, 0) is 0 Å². The van der Waals surface area contributed by atoms with Crippen LogP contribution in [0.15, 0.2) is 18.2 Å². The topological polar surface area (TPSA) is 26.0 Å². The van der Waals surface area contributed by atoms with Crippen LogP contribution in [0.2, 0.25) is 10.0 Å². The van der Waals surface area contributed by atoms with E-state index in [2.05, 4.69) is 0 Å². The SMILES string of the molecule is N[C@@H](c1ccc(Cl)c(Cl)c1)C(F)(F)F. The van der Waals surface area contributed by atoms with Crippen molar-refractivity contribution < 1.29 is 13.2 Å². The lowest BCUT2D eigenvalue weighted by atomic mass is 10.1. The highest BCUT2D eigenvalue weighted by atomic mass is 35.5. The molecule has 0 aliphatic rings. The molecule has 6 heteroatoms. The van der Waals surface area contributed by atoms with Gasteiger partial charge in [-0.25, -0.2) is 0 Å². The molecule has 0 amide bonds. The van der Waals surface area contributed by atoms with Gasteiger partial charge in [0.2, 0.25) is 0 Å². The molecule has 1 aromatic rings. The summed E-state index contributed by atoms with van der Waals surface area (Å²) in [4.78, 5) is 0. The maximum absolute atomic E-state index is 12.2. The second-order valence-electron chi connectivity index (χ2n) is 2.69. The van der Waals surface area contributed by atoms with E-state index in [1.165, 1.54) is 12.1 Å². The van der Waals surface area contributed by atoms with E-state index in [0.29, 0.717) is 0 Å². The van der Waals surface area contributed by atoms with Crippen LogP contribution in [0.4, 0.5) is 13.2 Å². The molecule has 0 bridgehead atoms. The van der Waals surface area contributed by atoms with Gasteiger partial charge >= 0.3 is 6.18 Å². The standard InChI is InChI=1S/C8H6Cl2F3N/c9-5-2-1-4(3-6(5)10)7(14)8(11,12)13/h1-3,7H,14H2/t7-/m0/s1. The minimum atomic E-state index is -4.48. The minimum absolute atomic E-state index is 0.0591. The maximum Gasteiger partial charge on any atom is 0.407 e. The van der Waals surface area contributed by atoms with Crippen molar-refractivity contribution in [2.24, 2.45) is 5.73 Å². The molecule has 0 saturated carbocycles. The molecule has 0 aliphatic heterocycles. The number of benzene rings is 1. The van der Waals surface area contributed by atoms with Crippen LogP contribution in [0.1, 0.15) is 11.6 Å². The van der Waals surface area contributed by atoms with Gasteiger partial charge in [-0.2, -0.15) is 13.2 Å². The molecule has 1 rings (SSSR count). The molecule has 0 spiro atoms. The van der Waals surface area contributed by atoms with E-state index in [1.54, 1.807) is 0 Å². The van der Waals surface area contributed by atoms with Gasteiger partial charge in [0.1, 0.15) is 6.04 Å². The number of nitrogens with two attached hydrogens (primary N) is 1. The predicted octanol–water partition coefficient (Wildman–Crippen LogP) is 3.56. The van der Waals surface area contributed by atoms with Crippen LogP contribution in [0.3, 0.4) is 0 Å². The first-order chi connectivity index (χ1) is 6.32. The monoisotopic (exact) mass is 243 g/mol. The normalized spacial score (nSPS) is 14.1. The molecule has 0 radical (unpaired) electrons. The van der Waals surface area contributed by atoms with E-state index in [9.17, 15) is 13.2 Å². The van der Waals surface area contributed by atoms with Crippen LogP contribution >= 0.6 is 23.2 Å². The third-order valence-corrected chi connectivity index (χ3v) is 2.39. The molecule has 2 N–H and O–H groups in total. The second-order valence-corrected chi connectivity index (χ2v) is 3.51. The van der Waals surface area contributed by atoms with Gasteiger partial charge < -0.3 is 5.73 Å². The van der Waals surface area contributed by atoms with Crippen molar-refractivity contribution >= 4 is 23.2 Å². The Hall–Kier alpha value is -0.450. The molecule has 1 aromatic carbocycles. The minimum Gasteiger partial charge on any atom is -0.316 e. The van der Waals surface area contributed by atoms with E-state index in [1.807, 2.05) is 0 Å².